The fourth-order valence-corrected chi connectivity index (χ4v) is 3.94. The number of aliphatic hydroxyl groups is 1. The van der Waals surface area contributed by atoms with Crippen molar-refractivity contribution in [2.24, 2.45) is 18.9 Å². The number of para-hydroxylation sites is 2. The van der Waals surface area contributed by atoms with Crippen molar-refractivity contribution in [2.75, 3.05) is 0 Å². The molecule has 0 amide bonds. The molecule has 0 fully saturated rings. The Kier molecular flexibility index (Phi) is 7.00. The summed E-state index contributed by atoms with van der Waals surface area (Å²) in [6.07, 6.45) is 10.4. The molecule has 0 radical (unpaired) electrons. The molecule has 1 heterocycles. The van der Waals surface area contributed by atoms with Gasteiger partial charge in [0.15, 0.2) is 5.78 Å². The van der Waals surface area contributed by atoms with Crippen molar-refractivity contribution in [3.8, 4) is 0 Å². The normalized spacial score (nSPS) is 20.5. The minimum atomic E-state index is -0.863. The number of aromatic nitrogens is 2. The number of fused-ring (bicyclic) bond motifs is 1. The topological polar surface area (TPSA) is 92.4 Å². The lowest BCUT2D eigenvalue weighted by Crippen LogP contribution is -2.15. The van der Waals surface area contributed by atoms with Gasteiger partial charge in [-0.3, -0.25) is 9.59 Å². The minimum Gasteiger partial charge on any atom is -0.481 e. The number of unbranched alkanes of at least 4 members (excludes halogenated alkanes) is 1. The molecule has 6 heteroatoms. The molecule has 1 aromatic heterocycles. The fraction of sp³-hybridized carbons (Fsp3) is 0.375. The molecule has 0 aliphatic heterocycles. The lowest BCUT2D eigenvalue weighted by molar-refractivity contribution is -0.137. The largest absolute Gasteiger partial charge is 0.481 e. The molecule has 0 bridgehead atoms. The number of ketones is 1. The minimum absolute atomic E-state index is 0.0643. The Morgan fingerprint density at radius 3 is 2.80 bits per heavy atom. The van der Waals surface area contributed by atoms with Crippen molar-refractivity contribution in [3.05, 3.63) is 66.0 Å². The molecule has 2 N–H and O–H groups in total. The van der Waals surface area contributed by atoms with Gasteiger partial charge in [0.25, 0.3) is 0 Å². The monoisotopic (exact) mass is 408 g/mol. The van der Waals surface area contributed by atoms with Gasteiger partial charge in [-0.05, 0) is 44.4 Å². The highest BCUT2D eigenvalue weighted by molar-refractivity contribution is 5.96. The maximum atomic E-state index is 12.4. The molecular weight excluding hydrogens is 380 g/mol. The summed E-state index contributed by atoms with van der Waals surface area (Å²) in [4.78, 5) is 27.5. The zero-order valence-corrected chi connectivity index (χ0v) is 17.4. The van der Waals surface area contributed by atoms with Gasteiger partial charge in [-0.1, -0.05) is 42.0 Å². The van der Waals surface area contributed by atoms with Crippen molar-refractivity contribution in [3.63, 3.8) is 0 Å². The quantitative estimate of drug-likeness (QED) is 0.481. The number of carbonyl (C=O) groups excluding carboxylic acids is 1. The van der Waals surface area contributed by atoms with E-state index in [1.165, 1.54) is 0 Å². The van der Waals surface area contributed by atoms with E-state index in [-0.39, 0.29) is 24.0 Å². The molecule has 6 nitrogen and oxygen atoms in total. The summed E-state index contributed by atoms with van der Waals surface area (Å²) in [7, 11) is 1.88. The first-order chi connectivity index (χ1) is 14.4. The second kappa shape index (κ2) is 9.67. The number of rotatable bonds is 9. The van der Waals surface area contributed by atoms with Gasteiger partial charge in [0.2, 0.25) is 0 Å². The first kappa shape index (κ1) is 21.7. The summed E-state index contributed by atoms with van der Waals surface area (Å²) in [5.74, 6) is -0.392. The van der Waals surface area contributed by atoms with E-state index < -0.39 is 12.1 Å². The lowest BCUT2D eigenvalue weighted by atomic mass is 9.87. The van der Waals surface area contributed by atoms with E-state index in [1.807, 2.05) is 61.0 Å². The third-order valence-corrected chi connectivity index (χ3v) is 5.60. The summed E-state index contributed by atoms with van der Waals surface area (Å²) >= 11 is 0. The summed E-state index contributed by atoms with van der Waals surface area (Å²) in [6.45, 7) is 1.94. The number of aliphatic hydroxyl groups excluding tert-OH is 1. The van der Waals surface area contributed by atoms with Crippen LogP contribution in [-0.2, 0) is 16.6 Å². The van der Waals surface area contributed by atoms with Crippen molar-refractivity contribution in [2.45, 2.75) is 38.7 Å². The van der Waals surface area contributed by atoms with Crippen LogP contribution >= 0.6 is 0 Å². The van der Waals surface area contributed by atoms with Crippen LogP contribution in [0, 0.1) is 11.8 Å². The highest BCUT2D eigenvalue weighted by Crippen LogP contribution is 2.34. The maximum Gasteiger partial charge on any atom is 0.303 e. The molecule has 3 atom stereocenters. The highest BCUT2D eigenvalue weighted by Gasteiger charge is 2.31. The highest BCUT2D eigenvalue weighted by atomic mass is 16.4. The second-order valence-corrected chi connectivity index (χ2v) is 7.76. The number of aliphatic carboxylic acids is 1. The van der Waals surface area contributed by atoms with Gasteiger partial charge >= 0.3 is 5.97 Å². The van der Waals surface area contributed by atoms with Crippen LogP contribution in [0.5, 0.6) is 0 Å². The van der Waals surface area contributed by atoms with E-state index in [1.54, 1.807) is 12.2 Å². The molecule has 0 saturated heterocycles. The maximum absolute atomic E-state index is 12.4. The number of imidazole rings is 1. The molecule has 30 heavy (non-hydrogen) atoms. The molecule has 1 aliphatic carbocycles. The number of carbonyl (C=O) groups is 2. The number of carboxylic acid groups (broad SMARTS) is 1. The Bertz CT molecular complexity index is 1020. The van der Waals surface area contributed by atoms with E-state index >= 15 is 0 Å². The van der Waals surface area contributed by atoms with Crippen LogP contribution in [0.15, 0.2) is 60.2 Å². The van der Waals surface area contributed by atoms with Gasteiger partial charge in [-0.2, -0.15) is 0 Å². The van der Waals surface area contributed by atoms with Crippen molar-refractivity contribution >= 4 is 22.8 Å². The molecule has 0 saturated carbocycles. The number of allylic oxidation sites excluding steroid dienone is 5. The summed E-state index contributed by atoms with van der Waals surface area (Å²) < 4.78 is 1.88. The summed E-state index contributed by atoms with van der Waals surface area (Å²) in [5.41, 5.74) is 2.77. The van der Waals surface area contributed by atoms with Crippen molar-refractivity contribution in [1.29, 1.82) is 0 Å². The Morgan fingerprint density at radius 2 is 2.07 bits per heavy atom. The standard InChI is InChI=1S/C24H28N2O4/c1-16-15-22(28)18(9-5-3-4-6-12-23(29)30)17(16)13-14-21(27)24-25-19-10-7-8-11-20(19)26(24)2/h3,5,7-8,10-11,13-15,17-18,21,27H,4,6,9,12H2,1-2H3,(H,29,30)/b5-3-,14-13+/t17-,18+,21+/m0/s1. The number of hydrogen-bond acceptors (Lipinski definition) is 4. The van der Waals surface area contributed by atoms with E-state index in [0.717, 1.165) is 16.6 Å². The number of nitrogens with zero attached hydrogens (tertiary/aromatic N) is 2. The van der Waals surface area contributed by atoms with Crippen LogP contribution in [-0.4, -0.2) is 31.5 Å². The van der Waals surface area contributed by atoms with Gasteiger partial charge in [0.05, 0.1) is 11.0 Å². The zero-order valence-electron chi connectivity index (χ0n) is 17.4. The van der Waals surface area contributed by atoms with E-state index in [2.05, 4.69) is 4.98 Å². The third kappa shape index (κ3) is 4.94. The third-order valence-electron chi connectivity index (χ3n) is 5.60. The van der Waals surface area contributed by atoms with Gasteiger partial charge < -0.3 is 14.8 Å². The molecule has 158 valence electrons. The molecule has 1 aromatic carbocycles. The average molecular weight is 408 g/mol. The Labute approximate surface area is 176 Å². The van der Waals surface area contributed by atoms with Crippen LogP contribution < -0.4 is 0 Å². The average Bonchev–Trinajstić information content (AvgIpc) is 3.18. The molecule has 2 aromatic rings. The first-order valence-corrected chi connectivity index (χ1v) is 10.2. The number of hydrogen-bond donors (Lipinski definition) is 2. The number of aryl methyl sites for hydroxylation is 1. The Morgan fingerprint density at radius 1 is 1.30 bits per heavy atom. The fourth-order valence-electron chi connectivity index (χ4n) is 3.94. The number of benzene rings is 1. The predicted octanol–water partition coefficient (Wildman–Crippen LogP) is 4.13. The smallest absolute Gasteiger partial charge is 0.303 e. The van der Waals surface area contributed by atoms with E-state index in [0.29, 0.717) is 25.1 Å². The van der Waals surface area contributed by atoms with E-state index in [9.17, 15) is 14.7 Å². The van der Waals surface area contributed by atoms with Crippen LogP contribution in [0.1, 0.15) is 44.5 Å². The van der Waals surface area contributed by atoms with Crippen LogP contribution in [0.3, 0.4) is 0 Å². The molecular formula is C24H28N2O4. The Hall–Kier alpha value is -2.99. The summed E-state index contributed by atoms with van der Waals surface area (Å²) in [6, 6.07) is 7.73. The molecule has 0 unspecified atom stereocenters. The first-order valence-electron chi connectivity index (χ1n) is 10.2. The summed E-state index contributed by atoms with van der Waals surface area (Å²) in [5, 5.41) is 19.4. The van der Waals surface area contributed by atoms with Gasteiger partial charge in [-0.25, -0.2) is 4.98 Å². The van der Waals surface area contributed by atoms with E-state index in [4.69, 9.17) is 5.11 Å². The zero-order chi connectivity index (χ0) is 21.7. The van der Waals surface area contributed by atoms with Crippen LogP contribution in [0.25, 0.3) is 11.0 Å². The molecule has 0 spiro atoms. The molecule has 1 aliphatic rings. The van der Waals surface area contributed by atoms with Crippen LogP contribution in [0.2, 0.25) is 0 Å². The SMILES string of the molecule is CC1=CC(=O)[C@H](C/C=C\CCCC(=O)O)[C@H]1/C=C/[C@@H](O)c1nc2ccccc2n1C. The Balaban J connectivity index is 1.66. The lowest BCUT2D eigenvalue weighted by Gasteiger charge is -2.16. The van der Waals surface area contributed by atoms with Gasteiger partial charge in [-0.15, -0.1) is 0 Å². The van der Waals surface area contributed by atoms with Crippen molar-refractivity contribution in [1.82, 2.24) is 9.55 Å². The van der Waals surface area contributed by atoms with Gasteiger partial charge in [0.1, 0.15) is 11.9 Å². The van der Waals surface area contributed by atoms with Crippen molar-refractivity contribution < 1.29 is 19.8 Å². The van der Waals surface area contributed by atoms with Gasteiger partial charge in [0, 0.05) is 25.3 Å². The second-order valence-electron chi connectivity index (χ2n) is 7.76. The van der Waals surface area contributed by atoms with Crippen LogP contribution in [0.4, 0.5) is 0 Å². The predicted molar refractivity (Wildman–Crippen MR) is 116 cm³/mol. The molecule has 3 rings (SSSR count). The number of carboxylic acids is 1.